The zero-order valence-electron chi connectivity index (χ0n) is 8.50. The molecule has 0 saturated heterocycles. The number of carboxylic acid groups (broad SMARTS) is 1. The van der Waals surface area contributed by atoms with Crippen LogP contribution >= 0.6 is 15.9 Å². The summed E-state index contributed by atoms with van der Waals surface area (Å²) in [6, 6.07) is 1.85. The highest BCUT2D eigenvalue weighted by molar-refractivity contribution is 9.10. The van der Waals surface area contributed by atoms with Gasteiger partial charge >= 0.3 is 5.97 Å². The third-order valence-corrected chi connectivity index (χ3v) is 2.52. The van der Waals surface area contributed by atoms with E-state index in [1.165, 1.54) is 0 Å². The van der Waals surface area contributed by atoms with E-state index in [4.69, 9.17) is 9.52 Å². The first-order valence-corrected chi connectivity index (χ1v) is 5.59. The van der Waals surface area contributed by atoms with Crippen LogP contribution in [-0.4, -0.2) is 17.1 Å². The lowest BCUT2D eigenvalue weighted by atomic mass is 10.1. The summed E-state index contributed by atoms with van der Waals surface area (Å²) in [7, 11) is 0. The first-order chi connectivity index (χ1) is 7.11. The highest BCUT2D eigenvalue weighted by Gasteiger charge is 2.11. The van der Waals surface area contributed by atoms with E-state index < -0.39 is 5.97 Å². The van der Waals surface area contributed by atoms with Crippen LogP contribution in [0.4, 0.5) is 0 Å². The summed E-state index contributed by atoms with van der Waals surface area (Å²) in [5.41, 5.74) is 0. The van der Waals surface area contributed by atoms with Crippen molar-refractivity contribution in [1.29, 1.82) is 0 Å². The molecule has 1 rings (SSSR count). The molecule has 0 aliphatic rings. The molecular weight excluding hydrogens is 262 g/mol. The number of hydrogen-bond acceptors (Lipinski definition) is 3. The van der Waals surface area contributed by atoms with Gasteiger partial charge in [-0.25, -0.2) is 0 Å². The van der Waals surface area contributed by atoms with E-state index >= 15 is 0 Å². The molecule has 0 bridgehead atoms. The van der Waals surface area contributed by atoms with Crippen molar-refractivity contribution >= 4 is 21.9 Å². The van der Waals surface area contributed by atoms with Crippen LogP contribution in [0.25, 0.3) is 0 Å². The molecule has 0 unspecified atom stereocenters. The Morgan fingerprint density at radius 2 is 2.47 bits per heavy atom. The maximum atomic E-state index is 10.5. The van der Waals surface area contributed by atoms with Crippen LogP contribution in [0.2, 0.25) is 0 Å². The van der Waals surface area contributed by atoms with Crippen LogP contribution in [0.5, 0.6) is 0 Å². The number of hydrogen-bond donors (Lipinski definition) is 2. The van der Waals surface area contributed by atoms with Gasteiger partial charge in [-0.2, -0.15) is 0 Å². The minimum Gasteiger partial charge on any atom is -0.481 e. The Balaban J connectivity index is 2.37. The number of carbonyl (C=O) groups is 1. The molecule has 1 atom stereocenters. The maximum absolute atomic E-state index is 10.5. The lowest BCUT2D eigenvalue weighted by Crippen LogP contribution is -2.30. The van der Waals surface area contributed by atoms with Crippen LogP contribution in [0.1, 0.15) is 25.5 Å². The molecule has 1 aromatic heterocycles. The zero-order valence-corrected chi connectivity index (χ0v) is 10.1. The first-order valence-electron chi connectivity index (χ1n) is 4.80. The van der Waals surface area contributed by atoms with Gasteiger partial charge < -0.3 is 14.8 Å². The third-order valence-electron chi connectivity index (χ3n) is 2.10. The Kier molecular flexibility index (Phi) is 4.84. The topological polar surface area (TPSA) is 62.5 Å². The quantitative estimate of drug-likeness (QED) is 0.837. The molecule has 4 nitrogen and oxygen atoms in total. The van der Waals surface area contributed by atoms with E-state index in [-0.39, 0.29) is 12.5 Å². The van der Waals surface area contributed by atoms with E-state index in [0.717, 1.165) is 16.7 Å². The van der Waals surface area contributed by atoms with Gasteiger partial charge in [0, 0.05) is 6.04 Å². The molecule has 0 amide bonds. The molecular formula is C10H14BrNO3. The number of rotatable bonds is 6. The molecule has 5 heteroatoms. The first kappa shape index (κ1) is 12.3. The Hall–Kier alpha value is -0.810. The minimum atomic E-state index is -0.782. The lowest BCUT2D eigenvalue weighted by molar-refractivity contribution is -0.137. The smallest absolute Gasteiger partial charge is 0.304 e. The highest BCUT2D eigenvalue weighted by atomic mass is 79.9. The van der Waals surface area contributed by atoms with E-state index in [1.807, 2.05) is 13.0 Å². The van der Waals surface area contributed by atoms with Crippen molar-refractivity contribution in [2.24, 2.45) is 0 Å². The highest BCUT2D eigenvalue weighted by Crippen LogP contribution is 2.14. The van der Waals surface area contributed by atoms with Gasteiger partial charge in [-0.1, -0.05) is 6.92 Å². The van der Waals surface area contributed by atoms with Crippen molar-refractivity contribution < 1.29 is 14.3 Å². The van der Waals surface area contributed by atoms with Gasteiger partial charge in [-0.15, -0.1) is 0 Å². The van der Waals surface area contributed by atoms with Gasteiger partial charge in [0.05, 0.1) is 17.4 Å². The second-order valence-electron chi connectivity index (χ2n) is 3.32. The van der Waals surface area contributed by atoms with Crippen molar-refractivity contribution in [3.63, 3.8) is 0 Å². The Bertz CT molecular complexity index is 324. The van der Waals surface area contributed by atoms with E-state index in [0.29, 0.717) is 6.54 Å². The maximum Gasteiger partial charge on any atom is 0.304 e. The average molecular weight is 276 g/mol. The van der Waals surface area contributed by atoms with Gasteiger partial charge in [-0.05, 0) is 28.4 Å². The SMILES string of the molecule is CC[C@H](CC(=O)O)NCc1cc(Br)co1. The van der Waals surface area contributed by atoms with Crippen molar-refractivity contribution in [2.75, 3.05) is 0 Å². The standard InChI is InChI=1S/C10H14BrNO3/c1-2-8(4-10(13)14)12-5-9-3-7(11)6-15-9/h3,6,8,12H,2,4-5H2,1H3,(H,13,14)/t8-/m1/s1. The summed E-state index contributed by atoms with van der Waals surface area (Å²) in [6.07, 6.45) is 2.53. The Morgan fingerprint density at radius 1 is 1.73 bits per heavy atom. The Labute approximate surface area is 96.8 Å². The molecule has 0 saturated carbocycles. The number of halogens is 1. The lowest BCUT2D eigenvalue weighted by Gasteiger charge is -2.13. The van der Waals surface area contributed by atoms with Crippen molar-refractivity contribution in [1.82, 2.24) is 5.32 Å². The zero-order chi connectivity index (χ0) is 11.3. The van der Waals surface area contributed by atoms with Crippen LogP contribution < -0.4 is 5.32 Å². The molecule has 0 radical (unpaired) electrons. The average Bonchev–Trinajstić information content (AvgIpc) is 2.58. The molecule has 84 valence electrons. The molecule has 1 aromatic rings. The van der Waals surface area contributed by atoms with Crippen LogP contribution in [-0.2, 0) is 11.3 Å². The second-order valence-corrected chi connectivity index (χ2v) is 4.23. The minimum absolute atomic E-state index is 0.00799. The summed E-state index contributed by atoms with van der Waals surface area (Å²) in [4.78, 5) is 10.5. The summed E-state index contributed by atoms with van der Waals surface area (Å²) in [5.74, 6) is 0.0145. The number of nitrogens with one attached hydrogen (secondary N) is 1. The predicted molar refractivity (Wildman–Crippen MR) is 59.6 cm³/mol. The van der Waals surface area contributed by atoms with Gasteiger partial charge in [0.2, 0.25) is 0 Å². The van der Waals surface area contributed by atoms with Gasteiger partial charge in [0.25, 0.3) is 0 Å². The molecule has 2 N–H and O–H groups in total. The monoisotopic (exact) mass is 275 g/mol. The normalized spacial score (nSPS) is 12.7. The number of aliphatic carboxylic acids is 1. The van der Waals surface area contributed by atoms with Crippen LogP contribution in [0.3, 0.4) is 0 Å². The molecule has 0 fully saturated rings. The van der Waals surface area contributed by atoms with Gasteiger partial charge in [0.1, 0.15) is 12.0 Å². The van der Waals surface area contributed by atoms with Crippen molar-refractivity contribution in [3.05, 3.63) is 22.6 Å². The fourth-order valence-electron chi connectivity index (χ4n) is 1.26. The molecule has 1 heterocycles. The fraction of sp³-hybridized carbons (Fsp3) is 0.500. The third kappa shape index (κ3) is 4.48. The fourth-order valence-corrected chi connectivity index (χ4v) is 1.61. The summed E-state index contributed by atoms with van der Waals surface area (Å²) in [6.45, 7) is 2.51. The summed E-state index contributed by atoms with van der Waals surface area (Å²) < 4.78 is 6.10. The largest absolute Gasteiger partial charge is 0.481 e. The summed E-state index contributed by atoms with van der Waals surface area (Å²) >= 11 is 3.28. The van der Waals surface area contributed by atoms with Crippen LogP contribution in [0.15, 0.2) is 21.2 Å². The molecule has 0 spiro atoms. The molecule has 0 aliphatic carbocycles. The van der Waals surface area contributed by atoms with Crippen molar-refractivity contribution in [3.8, 4) is 0 Å². The van der Waals surface area contributed by atoms with Gasteiger partial charge in [-0.3, -0.25) is 4.79 Å². The number of carboxylic acids is 1. The number of furan rings is 1. The van der Waals surface area contributed by atoms with Crippen molar-refractivity contribution in [2.45, 2.75) is 32.4 Å². The van der Waals surface area contributed by atoms with Gasteiger partial charge in [0.15, 0.2) is 0 Å². The van der Waals surface area contributed by atoms with E-state index in [9.17, 15) is 4.79 Å². The molecule has 0 aliphatic heterocycles. The predicted octanol–water partition coefficient (Wildman–Crippen LogP) is 2.39. The second kappa shape index (κ2) is 5.92. The van der Waals surface area contributed by atoms with E-state index in [1.54, 1.807) is 6.26 Å². The molecule has 15 heavy (non-hydrogen) atoms. The van der Waals surface area contributed by atoms with E-state index in [2.05, 4.69) is 21.2 Å². The molecule has 0 aromatic carbocycles. The Morgan fingerprint density at radius 3 is 2.93 bits per heavy atom. The van der Waals surface area contributed by atoms with Crippen LogP contribution in [0, 0.1) is 0 Å². The summed E-state index contributed by atoms with van der Waals surface area (Å²) in [5, 5.41) is 11.8.